The summed E-state index contributed by atoms with van der Waals surface area (Å²) in [6.07, 6.45) is 0.551. The summed E-state index contributed by atoms with van der Waals surface area (Å²) in [5, 5.41) is 43.5. The quantitative estimate of drug-likeness (QED) is 0.0334. The molecule has 17 N–H and O–H groups in total. The van der Waals surface area contributed by atoms with Gasteiger partial charge in [-0.2, -0.15) is 0 Å². The largest absolute Gasteiger partial charge is 0.481 e. The Morgan fingerprint density at radius 1 is 0.879 bits per heavy atom. The van der Waals surface area contributed by atoms with Gasteiger partial charge in [-0.15, -0.1) is 0 Å². The number of unbranched alkanes of at least 4 members (excludes halogenated alkanes) is 1. The van der Waals surface area contributed by atoms with E-state index in [0.29, 0.717) is 25.8 Å². The van der Waals surface area contributed by atoms with Crippen LogP contribution in [0.25, 0.3) is 0 Å². The van der Waals surface area contributed by atoms with E-state index in [2.05, 4.69) is 36.9 Å². The van der Waals surface area contributed by atoms with Crippen molar-refractivity contribution >= 4 is 80.8 Å². The number of carboxylic acids is 2. The van der Waals surface area contributed by atoms with E-state index >= 15 is 0 Å². The second-order valence-electron chi connectivity index (χ2n) is 13.3. The number of nitrogens with zero attached hydrogens (tertiary/aromatic N) is 2. The van der Waals surface area contributed by atoms with Crippen LogP contribution in [0.2, 0.25) is 0 Å². The van der Waals surface area contributed by atoms with Gasteiger partial charge in [0.15, 0.2) is 5.96 Å². The third-order valence-corrected chi connectivity index (χ3v) is 11.2. The highest BCUT2D eigenvalue weighted by atomic mass is 33.1. The Labute approximate surface area is 341 Å². The summed E-state index contributed by atoms with van der Waals surface area (Å²) in [6.45, 7) is -1.38. The Balaban J connectivity index is 2.45. The van der Waals surface area contributed by atoms with Crippen molar-refractivity contribution in [2.45, 2.75) is 93.7 Å². The van der Waals surface area contributed by atoms with Crippen LogP contribution < -0.4 is 54.8 Å². The van der Waals surface area contributed by atoms with Gasteiger partial charge < -0.3 is 75.1 Å². The first-order valence-corrected chi connectivity index (χ1v) is 20.9. The zero-order valence-electron chi connectivity index (χ0n) is 31.7. The van der Waals surface area contributed by atoms with Gasteiger partial charge in [-0.25, -0.2) is 4.79 Å². The molecule has 2 aliphatic rings. The van der Waals surface area contributed by atoms with Crippen LogP contribution in [0.15, 0.2) is 4.99 Å². The molecule has 0 spiro atoms. The normalized spacial score (nSPS) is 25.1. The molecule has 2 aliphatic heterocycles. The highest BCUT2D eigenvalue weighted by Gasteiger charge is 2.40. The SMILES string of the molecule is NCCCC[C@H](NC(=O)[C@@H]1CSSC[C@H](N)C(=O)N[C@@H](CCCN=C(N)N)C(=O)NCC(=O)N[C@@H](CC(=O)O)C(=O)N[C@@H](CO)C(=O)N2CCC[C@H]2C(=O)N1)C(=O)O. The van der Waals surface area contributed by atoms with Crippen LogP contribution in [0.4, 0.5) is 0 Å². The number of carbonyl (C=O) groups excluding carboxylic acids is 7. The number of rotatable bonds is 14. The summed E-state index contributed by atoms with van der Waals surface area (Å²) >= 11 is 0. The molecule has 0 aromatic rings. The molecule has 2 saturated heterocycles. The Morgan fingerprint density at radius 2 is 1.57 bits per heavy atom. The Bertz CT molecular complexity index is 1520. The number of nitrogens with one attached hydrogen (secondary N) is 6. The second-order valence-corrected chi connectivity index (χ2v) is 15.9. The standard InChI is InChI=1S/C32H54N12O12S2/c33-8-2-1-5-18(31(55)56)41-28(52)21-15-58-57-14-16(34)25(49)40-17(6-3-9-37-32(35)36)26(50)38-12-23(46)39-19(11-24(47)48)27(51)42-20(13-45)30(54)44-10-4-7-22(44)29(53)43-21/h16-22,45H,1-15,33-34H2,(H,38,50)(H,39,46)(H,40,49)(H,41,52)(H,42,51)(H,43,53)(H,47,48)(H,55,56)(H4,35,36,37)/t16-,17-,18-,19-,20-,21-,22-/m0/s1. The maximum Gasteiger partial charge on any atom is 0.326 e. The lowest BCUT2D eigenvalue weighted by Crippen LogP contribution is -2.60. The van der Waals surface area contributed by atoms with E-state index in [-0.39, 0.29) is 56.2 Å². The Hall–Kier alpha value is -4.92. The van der Waals surface area contributed by atoms with E-state index in [9.17, 15) is 58.5 Å². The number of carbonyl (C=O) groups is 9. The molecule has 0 saturated carbocycles. The first-order chi connectivity index (χ1) is 27.5. The molecule has 326 valence electrons. The zero-order chi connectivity index (χ0) is 43.4. The average Bonchev–Trinajstić information content (AvgIpc) is 3.67. The number of nitrogens with two attached hydrogens (primary N) is 4. The predicted octanol–water partition coefficient (Wildman–Crippen LogP) is -6.03. The third-order valence-electron chi connectivity index (χ3n) is 8.76. The minimum Gasteiger partial charge on any atom is -0.481 e. The lowest BCUT2D eigenvalue weighted by molar-refractivity contribution is -0.144. The van der Waals surface area contributed by atoms with Crippen molar-refractivity contribution in [2.24, 2.45) is 27.9 Å². The minimum atomic E-state index is -1.80. The lowest BCUT2D eigenvalue weighted by Gasteiger charge is -2.30. The van der Waals surface area contributed by atoms with Gasteiger partial charge in [0.1, 0.15) is 36.3 Å². The van der Waals surface area contributed by atoms with Gasteiger partial charge in [-0.05, 0) is 51.5 Å². The second kappa shape index (κ2) is 25.4. The molecule has 7 atom stereocenters. The number of aliphatic carboxylic acids is 2. The van der Waals surface area contributed by atoms with E-state index in [1.165, 1.54) is 0 Å². The summed E-state index contributed by atoms with van der Waals surface area (Å²) in [4.78, 5) is 122. The zero-order valence-corrected chi connectivity index (χ0v) is 33.3. The van der Waals surface area contributed by atoms with E-state index in [0.717, 1.165) is 26.5 Å². The van der Waals surface area contributed by atoms with Crippen molar-refractivity contribution < 1.29 is 58.5 Å². The maximum absolute atomic E-state index is 13.7. The van der Waals surface area contributed by atoms with Crippen molar-refractivity contribution in [2.75, 3.05) is 44.3 Å². The molecule has 2 rings (SSSR count). The van der Waals surface area contributed by atoms with Crippen LogP contribution in [0.5, 0.6) is 0 Å². The van der Waals surface area contributed by atoms with Crippen molar-refractivity contribution in [1.82, 2.24) is 36.8 Å². The number of aliphatic imine (C=N–C) groups is 1. The molecule has 58 heavy (non-hydrogen) atoms. The van der Waals surface area contributed by atoms with Crippen LogP contribution in [-0.4, -0.2) is 166 Å². The average molecular weight is 863 g/mol. The van der Waals surface area contributed by atoms with Crippen LogP contribution >= 0.6 is 21.6 Å². The highest BCUT2D eigenvalue weighted by Crippen LogP contribution is 2.24. The molecule has 26 heteroatoms. The van der Waals surface area contributed by atoms with Crippen molar-refractivity contribution in [3.63, 3.8) is 0 Å². The topological polar surface area (TPSA) is 406 Å². The van der Waals surface area contributed by atoms with Crippen molar-refractivity contribution in [3.05, 3.63) is 0 Å². The van der Waals surface area contributed by atoms with Crippen LogP contribution in [0, 0.1) is 0 Å². The van der Waals surface area contributed by atoms with Gasteiger partial charge in [0.2, 0.25) is 41.4 Å². The molecule has 0 bridgehead atoms. The number of aliphatic hydroxyl groups excluding tert-OH is 1. The van der Waals surface area contributed by atoms with Crippen molar-refractivity contribution in [1.29, 1.82) is 0 Å². The summed E-state index contributed by atoms with van der Waals surface area (Å²) in [7, 11) is 2.06. The van der Waals surface area contributed by atoms with Crippen molar-refractivity contribution in [3.8, 4) is 0 Å². The first kappa shape index (κ1) is 49.2. The first-order valence-electron chi connectivity index (χ1n) is 18.4. The Kier molecular flexibility index (Phi) is 21.6. The molecule has 7 amide bonds. The number of hydrogen-bond donors (Lipinski definition) is 13. The molecule has 0 aliphatic carbocycles. The molecular formula is C32H54N12O12S2. The number of carboxylic acid groups (broad SMARTS) is 2. The van der Waals surface area contributed by atoms with Gasteiger partial charge in [0.05, 0.1) is 25.6 Å². The summed E-state index contributed by atoms with van der Waals surface area (Å²) in [6, 6.07) is -9.85. The lowest BCUT2D eigenvalue weighted by atomic mass is 10.1. The molecule has 2 heterocycles. The number of fused-ring (bicyclic) bond motifs is 1. The molecule has 0 radical (unpaired) electrons. The van der Waals surface area contributed by atoms with Gasteiger partial charge in [-0.1, -0.05) is 21.6 Å². The fourth-order valence-electron chi connectivity index (χ4n) is 5.72. The smallest absolute Gasteiger partial charge is 0.326 e. The molecule has 0 aromatic heterocycles. The van der Waals surface area contributed by atoms with Crippen LogP contribution in [-0.2, 0) is 43.2 Å². The number of aliphatic hydroxyl groups is 1. The van der Waals surface area contributed by atoms with E-state index in [1.54, 1.807) is 0 Å². The van der Waals surface area contributed by atoms with Gasteiger partial charge >= 0.3 is 11.9 Å². The minimum absolute atomic E-state index is 0.00277. The Morgan fingerprint density at radius 3 is 2.21 bits per heavy atom. The highest BCUT2D eigenvalue weighted by molar-refractivity contribution is 8.76. The van der Waals surface area contributed by atoms with Gasteiger partial charge in [0.25, 0.3) is 0 Å². The summed E-state index contributed by atoms with van der Waals surface area (Å²) < 4.78 is 0. The number of guanidine groups is 1. The van der Waals surface area contributed by atoms with Crippen LogP contribution in [0.1, 0.15) is 51.4 Å². The fraction of sp³-hybridized carbons (Fsp3) is 0.688. The van der Waals surface area contributed by atoms with Crippen LogP contribution in [0.3, 0.4) is 0 Å². The molecule has 24 nitrogen and oxygen atoms in total. The maximum atomic E-state index is 13.7. The fourth-order valence-corrected chi connectivity index (χ4v) is 8.01. The number of hydrogen-bond acceptors (Lipinski definition) is 15. The number of amides is 7. The third kappa shape index (κ3) is 16.9. The van der Waals surface area contributed by atoms with E-state index in [4.69, 9.17) is 22.9 Å². The van der Waals surface area contributed by atoms with E-state index < -0.39 is 115 Å². The van der Waals surface area contributed by atoms with Gasteiger partial charge in [0, 0.05) is 24.6 Å². The monoisotopic (exact) mass is 862 g/mol. The molecule has 2 fully saturated rings. The molecular weight excluding hydrogens is 809 g/mol. The summed E-state index contributed by atoms with van der Waals surface area (Å²) in [5.74, 6) is -9.69. The molecule has 0 aromatic carbocycles. The van der Waals surface area contributed by atoms with E-state index in [1.807, 2.05) is 0 Å². The molecule has 0 unspecified atom stereocenters. The predicted molar refractivity (Wildman–Crippen MR) is 210 cm³/mol. The summed E-state index contributed by atoms with van der Waals surface area (Å²) in [5.41, 5.74) is 22.3. The van der Waals surface area contributed by atoms with Gasteiger partial charge in [-0.3, -0.25) is 43.3 Å².